The molecule has 0 heterocycles. The fourth-order valence-corrected chi connectivity index (χ4v) is 3.16. The Hall–Kier alpha value is -0.900. The molecule has 0 aromatic heterocycles. The molecule has 0 fully saturated rings. The molecule has 0 spiro atoms. The molecule has 0 bridgehead atoms. The van der Waals surface area contributed by atoms with E-state index < -0.39 is 25.5 Å². The van der Waals surface area contributed by atoms with Gasteiger partial charge in [-0.3, -0.25) is 0 Å². The zero-order valence-electron chi connectivity index (χ0n) is 12.5. The molecule has 2 aromatic carbocycles. The normalized spacial score (nSPS) is 13.0. The molecule has 0 aliphatic carbocycles. The Labute approximate surface area is 157 Å². The van der Waals surface area contributed by atoms with Crippen LogP contribution in [-0.2, 0) is 20.2 Å². The van der Waals surface area contributed by atoms with Gasteiger partial charge in [0, 0.05) is 0 Å². The molecule has 0 amide bonds. The summed E-state index contributed by atoms with van der Waals surface area (Å²) in [5, 5.41) is -1.22. The fourth-order valence-electron chi connectivity index (χ4n) is 1.72. The number of hydrogen-bond acceptors (Lipinski definition) is 6. The summed E-state index contributed by atoms with van der Waals surface area (Å²) >= 11 is 0. The fraction of sp³-hybridized carbons (Fsp3) is 0.143. The van der Waals surface area contributed by atoms with Gasteiger partial charge < -0.3 is 8.74 Å². The van der Waals surface area contributed by atoms with Crippen molar-refractivity contribution in [3.05, 3.63) is 60.2 Å². The quantitative estimate of drug-likeness (QED) is 0.386. The van der Waals surface area contributed by atoms with Gasteiger partial charge >= 0.3 is 39.7 Å². The van der Waals surface area contributed by atoms with E-state index in [0.29, 0.717) is 0 Å². The van der Waals surface area contributed by atoms with Gasteiger partial charge in [0.15, 0.2) is 0 Å². The average Bonchev–Trinajstić information content (AvgIpc) is 2.47. The van der Waals surface area contributed by atoms with Crippen molar-refractivity contribution in [2.45, 2.75) is 17.1 Å². The van der Waals surface area contributed by atoms with Gasteiger partial charge in [0.2, 0.25) is 0 Å². The molecule has 0 unspecified atom stereocenters. The molecule has 2 aromatic rings. The van der Waals surface area contributed by atoms with Gasteiger partial charge in [0.05, 0.1) is 5.25 Å². The average molecular weight is 364 g/mol. The number of benzene rings is 2. The van der Waals surface area contributed by atoms with Gasteiger partial charge in [0.25, 0.3) is 0 Å². The van der Waals surface area contributed by atoms with Crippen LogP contribution in [0.1, 0.15) is 17.7 Å². The Bertz CT molecular complexity index is 846. The molecular formula is C14H13NaO6S2. The van der Waals surface area contributed by atoms with Crippen molar-refractivity contribution >= 4 is 20.2 Å². The Balaban J connectivity index is 0.00000264. The predicted octanol–water partition coefficient (Wildman–Crippen LogP) is -0.935. The van der Waals surface area contributed by atoms with Crippen molar-refractivity contribution < 1.29 is 55.1 Å². The minimum Gasteiger partial charge on any atom is -0.747 e. The van der Waals surface area contributed by atoms with E-state index in [4.69, 9.17) is 4.18 Å². The monoisotopic (exact) mass is 364 g/mol. The van der Waals surface area contributed by atoms with Gasteiger partial charge in [0.1, 0.15) is 20.8 Å². The largest absolute Gasteiger partial charge is 1.00 e. The second kappa shape index (κ2) is 7.78. The van der Waals surface area contributed by atoms with E-state index in [-0.39, 0.29) is 45.8 Å². The van der Waals surface area contributed by atoms with Crippen LogP contribution >= 0.6 is 0 Å². The van der Waals surface area contributed by atoms with Crippen LogP contribution in [0.15, 0.2) is 59.5 Å². The summed E-state index contributed by atoms with van der Waals surface area (Å²) in [4.78, 5) is 0.00887. The first-order chi connectivity index (χ1) is 10.2. The van der Waals surface area contributed by atoms with E-state index in [2.05, 4.69) is 0 Å². The standard InChI is InChI=1S/C14H14O6S2.Na/c1-11(21(15,16)17)12-7-9-13(10-8-12)20-22(18,19)14-5-3-2-4-6-14;/h2-11H,1H3,(H,15,16,17);/q;+1/p-1/t11-;/m0./s1. The number of hydrogen-bond donors (Lipinski definition) is 0. The van der Waals surface area contributed by atoms with Crippen LogP contribution in [0.2, 0.25) is 0 Å². The molecule has 0 aliphatic heterocycles. The third-order valence-corrected chi connectivity index (χ3v) is 5.42. The molecule has 0 N–H and O–H groups in total. The van der Waals surface area contributed by atoms with Gasteiger partial charge in [-0.05, 0) is 36.8 Å². The Morgan fingerprint density at radius 2 is 1.43 bits per heavy atom. The van der Waals surface area contributed by atoms with Crippen molar-refractivity contribution in [3.63, 3.8) is 0 Å². The zero-order valence-corrected chi connectivity index (χ0v) is 16.2. The van der Waals surface area contributed by atoms with E-state index in [1.54, 1.807) is 18.2 Å². The molecule has 6 nitrogen and oxygen atoms in total. The molecule has 2 rings (SSSR count). The van der Waals surface area contributed by atoms with Crippen LogP contribution in [0.4, 0.5) is 0 Å². The smallest absolute Gasteiger partial charge is 0.747 e. The Morgan fingerprint density at radius 3 is 1.91 bits per heavy atom. The van der Waals surface area contributed by atoms with Gasteiger partial charge in [-0.15, -0.1) is 0 Å². The minimum absolute atomic E-state index is 0. The summed E-state index contributed by atoms with van der Waals surface area (Å²) in [6.07, 6.45) is 0. The summed E-state index contributed by atoms with van der Waals surface area (Å²) in [7, 11) is -8.41. The van der Waals surface area contributed by atoms with Crippen LogP contribution in [0.5, 0.6) is 5.75 Å². The van der Waals surface area contributed by atoms with E-state index in [0.717, 1.165) is 0 Å². The van der Waals surface area contributed by atoms with Gasteiger partial charge in [-0.2, -0.15) is 8.42 Å². The van der Waals surface area contributed by atoms with Crippen molar-refractivity contribution in [1.82, 2.24) is 0 Å². The van der Waals surface area contributed by atoms with E-state index in [1.807, 2.05) is 0 Å². The van der Waals surface area contributed by atoms with Crippen molar-refractivity contribution in [2.24, 2.45) is 0 Å². The topological polar surface area (TPSA) is 101 Å². The van der Waals surface area contributed by atoms with E-state index >= 15 is 0 Å². The summed E-state index contributed by atoms with van der Waals surface area (Å²) < 4.78 is 61.8. The van der Waals surface area contributed by atoms with Crippen LogP contribution in [0.3, 0.4) is 0 Å². The molecule has 0 saturated carbocycles. The SMILES string of the molecule is C[C@@H](c1ccc(OS(=O)(=O)c2ccccc2)cc1)S(=O)(=O)[O-].[Na+]. The third-order valence-electron chi connectivity index (χ3n) is 3.02. The maximum Gasteiger partial charge on any atom is 1.00 e. The first-order valence-electron chi connectivity index (χ1n) is 6.24. The molecule has 0 radical (unpaired) electrons. The summed E-state index contributed by atoms with van der Waals surface area (Å²) in [6.45, 7) is 1.26. The summed E-state index contributed by atoms with van der Waals surface area (Å²) in [5.74, 6) is 0.0306. The molecule has 0 saturated heterocycles. The van der Waals surface area contributed by atoms with Gasteiger partial charge in [-0.1, -0.05) is 30.3 Å². The Morgan fingerprint density at radius 1 is 0.913 bits per heavy atom. The van der Waals surface area contributed by atoms with Crippen molar-refractivity contribution in [1.29, 1.82) is 0 Å². The predicted molar refractivity (Wildman–Crippen MR) is 78.8 cm³/mol. The zero-order chi connectivity index (χ0) is 16.4. The minimum atomic E-state index is -4.46. The first kappa shape index (κ1) is 20.1. The second-order valence-corrected chi connectivity index (χ2v) is 7.79. The van der Waals surface area contributed by atoms with Crippen LogP contribution < -0.4 is 33.7 Å². The summed E-state index contributed by atoms with van der Waals surface area (Å²) in [5.41, 5.74) is 0.263. The molecule has 1 atom stereocenters. The van der Waals surface area contributed by atoms with Crippen LogP contribution in [0, 0.1) is 0 Å². The second-order valence-electron chi connectivity index (χ2n) is 4.55. The van der Waals surface area contributed by atoms with Crippen LogP contribution in [0.25, 0.3) is 0 Å². The van der Waals surface area contributed by atoms with Gasteiger partial charge in [-0.25, -0.2) is 8.42 Å². The maximum atomic E-state index is 12.0. The third kappa shape index (κ3) is 5.30. The van der Waals surface area contributed by atoms with Crippen molar-refractivity contribution in [2.75, 3.05) is 0 Å². The van der Waals surface area contributed by atoms with E-state index in [9.17, 15) is 21.4 Å². The molecule has 9 heteroatoms. The maximum absolute atomic E-state index is 12.0. The molecular weight excluding hydrogens is 351 g/mol. The molecule has 23 heavy (non-hydrogen) atoms. The summed E-state index contributed by atoms with van der Waals surface area (Å²) in [6, 6.07) is 12.9. The van der Waals surface area contributed by atoms with Crippen molar-refractivity contribution in [3.8, 4) is 5.75 Å². The van der Waals surface area contributed by atoms with E-state index in [1.165, 1.54) is 43.3 Å². The number of rotatable bonds is 5. The van der Waals surface area contributed by atoms with Crippen LogP contribution in [-0.4, -0.2) is 21.4 Å². The molecule has 118 valence electrons. The molecule has 0 aliphatic rings. The Kier molecular flexibility index (Phi) is 6.81. The first-order valence-corrected chi connectivity index (χ1v) is 9.12.